The van der Waals surface area contributed by atoms with Crippen molar-refractivity contribution in [1.82, 2.24) is 0 Å². The molecule has 0 aliphatic heterocycles. The van der Waals surface area contributed by atoms with Crippen LogP contribution >= 0.6 is 18.6 Å². The summed E-state index contributed by atoms with van der Waals surface area (Å²) in [6, 6.07) is 0. The van der Waals surface area contributed by atoms with Crippen molar-refractivity contribution in [1.29, 1.82) is 0 Å². The summed E-state index contributed by atoms with van der Waals surface area (Å²) in [5.41, 5.74) is 0. The minimum atomic E-state index is -1.17. The van der Waals surface area contributed by atoms with E-state index in [9.17, 15) is 0 Å². The van der Waals surface area contributed by atoms with Gasteiger partial charge >= 0.3 is 8.69 Å². The minimum absolute atomic E-state index is 0. The second-order valence-corrected chi connectivity index (χ2v) is 0.274. The van der Waals surface area contributed by atoms with Gasteiger partial charge in [0, 0.05) is 21.1 Å². The van der Waals surface area contributed by atoms with E-state index in [0.29, 0.717) is 0 Å². The number of rotatable bonds is 0. The molecule has 0 heterocycles. The second-order valence-electron chi connectivity index (χ2n) is 0.0913. The molecule has 6 heteroatoms. The molecule has 3 nitrogen and oxygen atoms in total. The number of hydrogen-bond acceptors (Lipinski definition) is 1. The van der Waals surface area contributed by atoms with E-state index in [1.54, 1.807) is 0 Å². The fraction of sp³-hybridized carbons (Fsp3) is 0. The summed E-state index contributed by atoms with van der Waals surface area (Å²) in [6.07, 6.45) is 0. The third-order valence-electron chi connectivity index (χ3n) is 0. The maximum absolute atomic E-state index is 8.51. The maximum atomic E-state index is 8.51. The Morgan fingerprint density at radius 3 is 1.50 bits per heavy atom. The molecule has 0 aromatic heterocycles. The van der Waals surface area contributed by atoms with Crippen molar-refractivity contribution in [3.63, 3.8) is 0 Å². The van der Waals surface area contributed by atoms with Crippen LogP contribution in [0.15, 0.2) is 0 Å². The van der Waals surface area contributed by atoms with Crippen LogP contribution in [0.4, 0.5) is 0 Å². The molecular weight excluding hydrogens is 206 g/mol. The van der Waals surface area contributed by atoms with Crippen LogP contribution in [0, 0.1) is 0 Å². The van der Waals surface area contributed by atoms with E-state index >= 15 is 0 Å². The van der Waals surface area contributed by atoms with Crippen molar-refractivity contribution < 1.29 is 36.0 Å². The molecule has 0 aliphatic rings. The fourth-order valence-corrected chi connectivity index (χ4v) is 0. The Labute approximate surface area is 55.0 Å². The summed E-state index contributed by atoms with van der Waals surface area (Å²) in [5.74, 6) is 0. The summed E-state index contributed by atoms with van der Waals surface area (Å²) in [6.45, 7) is 0. The fourth-order valence-electron chi connectivity index (χ4n) is 0. The molecule has 2 atom stereocenters. The molecule has 0 saturated heterocycles. The van der Waals surface area contributed by atoms with Crippen LogP contribution < -0.4 is 0 Å². The van der Waals surface area contributed by atoms with Crippen LogP contribution in [0.2, 0.25) is 0 Å². The first kappa shape index (κ1) is 27.3. The van der Waals surface area contributed by atoms with Gasteiger partial charge in [0.05, 0.1) is 0 Å². The van der Waals surface area contributed by atoms with E-state index in [1.807, 2.05) is 0 Å². The van der Waals surface area contributed by atoms with Gasteiger partial charge in [0.2, 0.25) is 0 Å². The van der Waals surface area contributed by atoms with Crippen molar-refractivity contribution in [2.45, 2.75) is 0 Å². The van der Waals surface area contributed by atoms with Crippen LogP contribution in [0.25, 0.3) is 0 Å². The van der Waals surface area contributed by atoms with Crippen LogP contribution in [0.1, 0.15) is 0 Å². The molecule has 0 aromatic carbocycles. The van der Waals surface area contributed by atoms with Gasteiger partial charge in [-0.1, -0.05) is 0 Å². The van der Waals surface area contributed by atoms with Gasteiger partial charge in [-0.05, 0) is 14.5 Å². The van der Waals surface area contributed by atoms with Crippen LogP contribution in [-0.2, 0) is 25.6 Å². The van der Waals surface area contributed by atoms with Gasteiger partial charge in [-0.3, -0.25) is 0 Å². The first-order chi connectivity index (χ1) is 1.41. The second kappa shape index (κ2) is 35.4. The molecular formula is H8MoO3P2+2. The van der Waals surface area contributed by atoms with Gasteiger partial charge in [0.25, 0.3) is 0 Å². The molecule has 0 saturated carbocycles. The zero-order valence-corrected chi connectivity index (χ0v) is 8.27. The normalized spacial score (nSPS) is 3.50. The van der Waals surface area contributed by atoms with Gasteiger partial charge in [-0.15, -0.1) is 0 Å². The molecule has 2 unspecified atom stereocenters. The van der Waals surface area contributed by atoms with Crippen molar-refractivity contribution in [3.05, 3.63) is 0 Å². The Balaban J connectivity index is -0.00000000667. The van der Waals surface area contributed by atoms with Crippen molar-refractivity contribution in [2.24, 2.45) is 0 Å². The molecule has 0 aliphatic carbocycles. The predicted octanol–water partition coefficient (Wildman–Crippen LogP) is -1.12. The molecule has 40 valence electrons. The third-order valence-corrected chi connectivity index (χ3v) is 0. The van der Waals surface area contributed by atoms with Crippen LogP contribution in [0.3, 0.4) is 0 Å². The molecule has 3 N–H and O–H groups in total. The summed E-state index contributed by atoms with van der Waals surface area (Å²) in [4.78, 5) is 7.04. The molecule has 0 amide bonds. The minimum Gasteiger partial charge on any atom is -0.412 e. The number of hydrogen-bond donors (Lipinski definition) is 1. The first-order valence-corrected chi connectivity index (χ1v) is 1.28. The quantitative estimate of drug-likeness (QED) is 0.410. The van der Waals surface area contributed by atoms with Crippen molar-refractivity contribution >= 4 is 18.6 Å². The molecule has 0 spiro atoms. The van der Waals surface area contributed by atoms with E-state index in [1.165, 1.54) is 0 Å². The summed E-state index contributed by atoms with van der Waals surface area (Å²) >= 11 is 0. The SMILES string of the molecule is O.O=[PH+]O.[Mo].[PH4+]. The summed E-state index contributed by atoms with van der Waals surface area (Å²) in [7, 11) is -1.17. The van der Waals surface area contributed by atoms with E-state index in [0.717, 1.165) is 0 Å². The molecule has 0 bridgehead atoms. The molecule has 6 heavy (non-hydrogen) atoms. The van der Waals surface area contributed by atoms with Gasteiger partial charge in [-0.2, -0.15) is 4.89 Å². The topological polar surface area (TPSA) is 68.8 Å². The largest absolute Gasteiger partial charge is 0.491 e. The monoisotopic (exact) mass is 216 g/mol. The Bertz CT molecular complexity index is 16.3. The Morgan fingerprint density at radius 2 is 1.50 bits per heavy atom. The predicted molar refractivity (Wildman–Crippen MR) is 27.3 cm³/mol. The van der Waals surface area contributed by atoms with Gasteiger partial charge in [0.15, 0.2) is 0 Å². The molecule has 0 aromatic rings. The van der Waals surface area contributed by atoms with E-state index < -0.39 is 8.69 Å². The Morgan fingerprint density at radius 1 is 1.50 bits per heavy atom. The Kier molecular flexibility index (Phi) is 161. The third kappa shape index (κ3) is 67.9. The van der Waals surface area contributed by atoms with E-state index in [4.69, 9.17) is 9.46 Å². The van der Waals surface area contributed by atoms with Crippen molar-refractivity contribution in [3.8, 4) is 0 Å². The van der Waals surface area contributed by atoms with Gasteiger partial charge in [-0.25, -0.2) is 0 Å². The van der Waals surface area contributed by atoms with Crippen LogP contribution in [-0.4, -0.2) is 10.4 Å². The van der Waals surface area contributed by atoms with Crippen molar-refractivity contribution in [2.75, 3.05) is 0 Å². The van der Waals surface area contributed by atoms with Gasteiger partial charge < -0.3 is 5.48 Å². The first-order valence-electron chi connectivity index (χ1n) is 0.428. The maximum Gasteiger partial charge on any atom is 0.491 e. The standard InChI is InChI=1S/Mo.HO2P.H2O.H3P/c;1-3-2;;/h;3H;1H2;1H3/p+2. The van der Waals surface area contributed by atoms with Gasteiger partial charge in [0.1, 0.15) is 0 Å². The molecule has 0 rings (SSSR count). The summed E-state index contributed by atoms with van der Waals surface area (Å²) in [5, 5.41) is 0. The molecule has 0 radical (unpaired) electrons. The Hall–Kier alpha value is 1.14. The summed E-state index contributed by atoms with van der Waals surface area (Å²) < 4.78 is 8.51. The average molecular weight is 214 g/mol. The smallest absolute Gasteiger partial charge is 0.412 e. The zero-order valence-electron chi connectivity index (χ0n) is 3.26. The van der Waals surface area contributed by atoms with E-state index in [-0.39, 0.29) is 36.4 Å². The molecule has 0 fully saturated rings. The van der Waals surface area contributed by atoms with Crippen LogP contribution in [0.5, 0.6) is 0 Å². The average Bonchev–Trinajstić information content (AvgIpc) is 0.918. The van der Waals surface area contributed by atoms with E-state index in [2.05, 4.69) is 0 Å². The zero-order chi connectivity index (χ0) is 2.71.